The summed E-state index contributed by atoms with van der Waals surface area (Å²) >= 11 is 0. The molecule has 2 N–H and O–H groups in total. The van der Waals surface area contributed by atoms with Crippen molar-refractivity contribution in [2.75, 3.05) is 26.2 Å². The summed E-state index contributed by atoms with van der Waals surface area (Å²) in [6.45, 7) is 13.4. The molecule has 1 saturated heterocycles. The van der Waals surface area contributed by atoms with Crippen LogP contribution in [-0.4, -0.2) is 42.8 Å². The molecule has 3 nitrogen and oxygen atoms in total. The minimum atomic E-state index is 0.204. The predicted molar refractivity (Wildman–Crippen MR) is 89.4 cm³/mol. The Kier molecular flexibility index (Phi) is 5.72. The van der Waals surface area contributed by atoms with E-state index in [1.807, 2.05) is 0 Å². The van der Waals surface area contributed by atoms with Crippen LogP contribution in [-0.2, 0) is 4.74 Å². The number of nitrogens with two attached hydrogens (primary N) is 1. The van der Waals surface area contributed by atoms with Crippen molar-refractivity contribution in [1.82, 2.24) is 4.90 Å². The summed E-state index contributed by atoms with van der Waals surface area (Å²) in [5.41, 5.74) is 6.93. The Morgan fingerprint density at radius 2 is 2.05 bits per heavy atom. The maximum Gasteiger partial charge on any atom is 0.0702 e. The first-order valence-corrected chi connectivity index (χ1v) is 8.97. The maximum atomic E-state index is 6.32. The molecule has 1 saturated carbocycles. The lowest BCUT2D eigenvalue weighted by Crippen LogP contribution is -2.62. The fraction of sp³-hybridized carbons (Fsp3) is 1.00. The van der Waals surface area contributed by atoms with E-state index >= 15 is 0 Å². The molecule has 1 aliphatic heterocycles. The Morgan fingerprint density at radius 1 is 1.29 bits per heavy atom. The third kappa shape index (κ3) is 4.20. The molecule has 3 heteroatoms. The summed E-state index contributed by atoms with van der Waals surface area (Å²) in [6, 6.07) is 0. The van der Waals surface area contributed by atoms with E-state index in [0.717, 1.165) is 32.0 Å². The SMILES string of the molecule is CCCOC1CCCN(C2(CN)CC(C)CC(C)(C)C2)C1. The molecule has 2 fully saturated rings. The van der Waals surface area contributed by atoms with Crippen LogP contribution in [0, 0.1) is 11.3 Å². The molecule has 0 spiro atoms. The highest BCUT2D eigenvalue weighted by Gasteiger charge is 2.46. The normalized spacial score (nSPS) is 37.6. The number of hydrogen-bond donors (Lipinski definition) is 1. The molecule has 0 amide bonds. The number of nitrogens with zero attached hydrogens (tertiary/aromatic N) is 1. The van der Waals surface area contributed by atoms with E-state index in [-0.39, 0.29) is 5.54 Å². The van der Waals surface area contributed by atoms with Gasteiger partial charge in [-0.2, -0.15) is 0 Å². The fourth-order valence-corrected chi connectivity index (χ4v) is 5.01. The summed E-state index contributed by atoms with van der Waals surface area (Å²) in [5, 5.41) is 0. The Labute approximate surface area is 131 Å². The molecule has 1 aliphatic carbocycles. The van der Waals surface area contributed by atoms with Crippen molar-refractivity contribution in [1.29, 1.82) is 0 Å². The van der Waals surface area contributed by atoms with Gasteiger partial charge in [0.05, 0.1) is 6.10 Å². The van der Waals surface area contributed by atoms with Crippen molar-refractivity contribution in [3.8, 4) is 0 Å². The smallest absolute Gasteiger partial charge is 0.0702 e. The number of piperidine rings is 1. The first kappa shape index (κ1) is 17.2. The number of ether oxygens (including phenoxy) is 1. The third-order valence-electron chi connectivity index (χ3n) is 5.42. The monoisotopic (exact) mass is 296 g/mol. The zero-order chi connectivity index (χ0) is 15.5. The van der Waals surface area contributed by atoms with Gasteiger partial charge in [0.2, 0.25) is 0 Å². The second kappa shape index (κ2) is 6.97. The van der Waals surface area contributed by atoms with Gasteiger partial charge in [-0.3, -0.25) is 4.90 Å². The van der Waals surface area contributed by atoms with Gasteiger partial charge in [0, 0.05) is 25.2 Å². The van der Waals surface area contributed by atoms with Crippen molar-refractivity contribution in [2.45, 2.75) is 77.9 Å². The highest BCUT2D eigenvalue weighted by molar-refractivity contribution is 5.02. The molecular formula is C18H36N2O. The Hall–Kier alpha value is -0.120. The summed E-state index contributed by atoms with van der Waals surface area (Å²) in [7, 11) is 0. The zero-order valence-electron chi connectivity index (χ0n) is 14.7. The molecule has 2 aliphatic rings. The lowest BCUT2D eigenvalue weighted by molar-refractivity contribution is -0.0704. The Morgan fingerprint density at radius 3 is 2.67 bits per heavy atom. The average molecular weight is 296 g/mol. The zero-order valence-corrected chi connectivity index (χ0v) is 14.7. The molecule has 21 heavy (non-hydrogen) atoms. The van der Waals surface area contributed by atoms with E-state index in [9.17, 15) is 0 Å². The van der Waals surface area contributed by atoms with Gasteiger partial charge < -0.3 is 10.5 Å². The van der Waals surface area contributed by atoms with Gasteiger partial charge in [-0.25, -0.2) is 0 Å². The number of rotatable bonds is 5. The van der Waals surface area contributed by atoms with Crippen LogP contribution in [0.5, 0.6) is 0 Å². The largest absolute Gasteiger partial charge is 0.377 e. The molecule has 0 aromatic rings. The van der Waals surface area contributed by atoms with E-state index in [2.05, 4.69) is 32.6 Å². The molecule has 2 rings (SSSR count). The summed E-state index contributed by atoms with van der Waals surface area (Å²) in [5.74, 6) is 0.772. The number of likely N-dealkylation sites (tertiary alicyclic amines) is 1. The topological polar surface area (TPSA) is 38.5 Å². The molecule has 3 unspecified atom stereocenters. The van der Waals surface area contributed by atoms with Gasteiger partial charge in [-0.15, -0.1) is 0 Å². The van der Waals surface area contributed by atoms with Crippen molar-refractivity contribution < 1.29 is 4.74 Å². The van der Waals surface area contributed by atoms with Gasteiger partial charge in [0.25, 0.3) is 0 Å². The highest BCUT2D eigenvalue weighted by Crippen LogP contribution is 2.46. The summed E-state index contributed by atoms with van der Waals surface area (Å²) in [4.78, 5) is 2.69. The fourth-order valence-electron chi connectivity index (χ4n) is 5.01. The minimum absolute atomic E-state index is 0.204. The van der Waals surface area contributed by atoms with Crippen molar-refractivity contribution in [3.63, 3.8) is 0 Å². The van der Waals surface area contributed by atoms with Gasteiger partial charge in [0.1, 0.15) is 0 Å². The van der Waals surface area contributed by atoms with Crippen LogP contribution in [0.15, 0.2) is 0 Å². The van der Waals surface area contributed by atoms with Crippen LogP contribution >= 0.6 is 0 Å². The Bertz CT molecular complexity index is 331. The van der Waals surface area contributed by atoms with E-state index in [0.29, 0.717) is 11.5 Å². The highest BCUT2D eigenvalue weighted by atomic mass is 16.5. The minimum Gasteiger partial charge on any atom is -0.377 e. The first-order chi connectivity index (χ1) is 9.91. The lowest BCUT2D eigenvalue weighted by atomic mass is 9.63. The summed E-state index contributed by atoms with van der Waals surface area (Å²) < 4.78 is 6.04. The van der Waals surface area contributed by atoms with E-state index < -0.39 is 0 Å². The molecule has 0 aromatic carbocycles. The van der Waals surface area contributed by atoms with E-state index in [4.69, 9.17) is 10.5 Å². The molecule has 1 heterocycles. The van der Waals surface area contributed by atoms with Gasteiger partial charge >= 0.3 is 0 Å². The van der Waals surface area contributed by atoms with Crippen LogP contribution in [0.1, 0.15) is 66.2 Å². The quantitative estimate of drug-likeness (QED) is 0.845. The second-order valence-corrected chi connectivity index (χ2v) is 8.36. The molecular weight excluding hydrogens is 260 g/mol. The van der Waals surface area contributed by atoms with Gasteiger partial charge in [0.15, 0.2) is 0 Å². The number of hydrogen-bond acceptors (Lipinski definition) is 3. The maximum absolute atomic E-state index is 6.32. The molecule has 0 radical (unpaired) electrons. The molecule has 124 valence electrons. The van der Waals surface area contributed by atoms with Crippen LogP contribution in [0.25, 0.3) is 0 Å². The van der Waals surface area contributed by atoms with Gasteiger partial charge in [-0.05, 0) is 56.4 Å². The molecule has 0 aromatic heterocycles. The lowest BCUT2D eigenvalue weighted by Gasteiger charge is -2.54. The third-order valence-corrected chi connectivity index (χ3v) is 5.42. The Balaban J connectivity index is 2.08. The first-order valence-electron chi connectivity index (χ1n) is 8.97. The van der Waals surface area contributed by atoms with Gasteiger partial charge in [-0.1, -0.05) is 27.7 Å². The molecule has 3 atom stereocenters. The van der Waals surface area contributed by atoms with Crippen molar-refractivity contribution in [3.05, 3.63) is 0 Å². The van der Waals surface area contributed by atoms with Crippen LogP contribution in [0.4, 0.5) is 0 Å². The van der Waals surface area contributed by atoms with Crippen LogP contribution in [0.3, 0.4) is 0 Å². The van der Waals surface area contributed by atoms with Crippen LogP contribution < -0.4 is 5.73 Å². The molecule has 0 bridgehead atoms. The van der Waals surface area contributed by atoms with Crippen LogP contribution in [0.2, 0.25) is 0 Å². The van der Waals surface area contributed by atoms with Crippen molar-refractivity contribution >= 4 is 0 Å². The average Bonchev–Trinajstić information content (AvgIpc) is 2.43. The second-order valence-electron chi connectivity index (χ2n) is 8.36. The standard InChI is InChI=1S/C18H36N2O/c1-5-9-21-16-7-6-8-20(12-16)18(14-19)11-15(2)10-17(3,4)13-18/h15-16H,5-14,19H2,1-4H3. The summed E-state index contributed by atoms with van der Waals surface area (Å²) in [6.07, 6.45) is 7.83. The van der Waals surface area contributed by atoms with E-state index in [1.165, 1.54) is 38.6 Å². The van der Waals surface area contributed by atoms with Crippen molar-refractivity contribution in [2.24, 2.45) is 17.1 Å². The van der Waals surface area contributed by atoms with E-state index in [1.54, 1.807) is 0 Å². The predicted octanol–water partition coefficient (Wildman–Crippen LogP) is 3.42.